The van der Waals surface area contributed by atoms with Crippen molar-refractivity contribution in [3.63, 3.8) is 0 Å². The van der Waals surface area contributed by atoms with Crippen LogP contribution in [0.1, 0.15) is 66.2 Å². The minimum atomic E-state index is 0.679. The highest BCUT2D eigenvalue weighted by atomic mass is 15.1. The van der Waals surface area contributed by atoms with Crippen molar-refractivity contribution in [2.45, 2.75) is 78.3 Å². The molecule has 1 N–H and O–H groups in total. The zero-order valence-electron chi connectivity index (χ0n) is 13.0. The van der Waals surface area contributed by atoms with E-state index in [1.807, 2.05) is 0 Å². The summed E-state index contributed by atoms with van der Waals surface area (Å²) in [5.74, 6) is 0.919. The molecular weight excluding hydrogens is 220 g/mol. The molecule has 0 spiro atoms. The number of rotatable bonds is 6. The van der Waals surface area contributed by atoms with Crippen LogP contribution in [0.15, 0.2) is 0 Å². The lowest BCUT2D eigenvalue weighted by Gasteiger charge is -2.33. The van der Waals surface area contributed by atoms with E-state index in [1.54, 1.807) is 0 Å². The first-order valence-corrected chi connectivity index (χ1v) is 8.14. The van der Waals surface area contributed by atoms with Crippen molar-refractivity contribution >= 4 is 0 Å². The van der Waals surface area contributed by atoms with Crippen molar-refractivity contribution in [2.75, 3.05) is 19.6 Å². The minimum absolute atomic E-state index is 0.679. The number of hydrogen-bond acceptors (Lipinski definition) is 2. The van der Waals surface area contributed by atoms with Gasteiger partial charge in [0.15, 0.2) is 0 Å². The summed E-state index contributed by atoms with van der Waals surface area (Å²) < 4.78 is 0. The largest absolute Gasteiger partial charge is 0.312 e. The highest BCUT2D eigenvalue weighted by molar-refractivity contribution is 4.76. The predicted octanol–water partition coefficient (Wildman–Crippen LogP) is 3.67. The van der Waals surface area contributed by atoms with Gasteiger partial charge in [-0.15, -0.1) is 0 Å². The Morgan fingerprint density at radius 3 is 2.22 bits per heavy atom. The van der Waals surface area contributed by atoms with Gasteiger partial charge in [0.05, 0.1) is 0 Å². The monoisotopic (exact) mass is 254 g/mol. The molecule has 3 atom stereocenters. The molecule has 1 heterocycles. The average Bonchev–Trinajstić information content (AvgIpc) is 2.35. The van der Waals surface area contributed by atoms with Crippen LogP contribution in [0, 0.1) is 5.92 Å². The van der Waals surface area contributed by atoms with Gasteiger partial charge in [-0.2, -0.15) is 0 Å². The topological polar surface area (TPSA) is 15.3 Å². The maximum atomic E-state index is 3.68. The van der Waals surface area contributed by atoms with E-state index in [4.69, 9.17) is 0 Å². The molecule has 0 aromatic heterocycles. The molecule has 0 saturated carbocycles. The molecule has 0 amide bonds. The summed E-state index contributed by atoms with van der Waals surface area (Å²) in [7, 11) is 0. The zero-order valence-corrected chi connectivity index (χ0v) is 13.0. The predicted molar refractivity (Wildman–Crippen MR) is 81.0 cm³/mol. The van der Waals surface area contributed by atoms with Gasteiger partial charge in [0.25, 0.3) is 0 Å². The first-order valence-electron chi connectivity index (χ1n) is 8.14. The Balaban J connectivity index is 2.37. The Morgan fingerprint density at radius 2 is 1.72 bits per heavy atom. The van der Waals surface area contributed by atoms with E-state index in [0.29, 0.717) is 12.1 Å². The Kier molecular flexibility index (Phi) is 7.92. The summed E-state index contributed by atoms with van der Waals surface area (Å²) >= 11 is 0. The smallest absolute Gasteiger partial charge is 0.00533 e. The summed E-state index contributed by atoms with van der Waals surface area (Å²) in [5, 5.41) is 3.68. The van der Waals surface area contributed by atoms with Crippen molar-refractivity contribution in [1.29, 1.82) is 0 Å². The molecule has 2 nitrogen and oxygen atoms in total. The molecule has 0 bridgehead atoms. The number of nitrogens with one attached hydrogen (secondary N) is 1. The van der Waals surface area contributed by atoms with Crippen molar-refractivity contribution in [2.24, 2.45) is 5.92 Å². The Bertz CT molecular complexity index is 193. The van der Waals surface area contributed by atoms with E-state index in [0.717, 1.165) is 5.92 Å². The van der Waals surface area contributed by atoms with Gasteiger partial charge in [-0.25, -0.2) is 0 Å². The van der Waals surface area contributed by atoms with Crippen molar-refractivity contribution in [3.05, 3.63) is 0 Å². The number of unbranched alkanes of at least 4 members (excludes halogenated alkanes) is 1. The second-order valence-corrected chi connectivity index (χ2v) is 6.26. The molecule has 0 aromatic rings. The van der Waals surface area contributed by atoms with Crippen LogP contribution in [0.3, 0.4) is 0 Å². The van der Waals surface area contributed by atoms with Crippen LogP contribution in [0.25, 0.3) is 0 Å². The first-order chi connectivity index (χ1) is 8.65. The van der Waals surface area contributed by atoms with E-state index in [-0.39, 0.29) is 0 Å². The molecule has 1 aliphatic rings. The Morgan fingerprint density at radius 1 is 1.11 bits per heavy atom. The third-order valence-electron chi connectivity index (χ3n) is 4.39. The van der Waals surface area contributed by atoms with Crippen LogP contribution in [0.5, 0.6) is 0 Å². The summed E-state index contributed by atoms with van der Waals surface area (Å²) in [6.45, 7) is 13.2. The number of nitrogens with zero attached hydrogens (tertiary/aromatic N) is 1. The van der Waals surface area contributed by atoms with Gasteiger partial charge < -0.3 is 10.2 Å². The van der Waals surface area contributed by atoms with Crippen LogP contribution in [-0.2, 0) is 0 Å². The fraction of sp³-hybridized carbons (Fsp3) is 1.00. The van der Waals surface area contributed by atoms with Gasteiger partial charge >= 0.3 is 0 Å². The van der Waals surface area contributed by atoms with Crippen molar-refractivity contribution in [1.82, 2.24) is 10.2 Å². The van der Waals surface area contributed by atoms with Crippen LogP contribution >= 0.6 is 0 Å². The van der Waals surface area contributed by atoms with E-state index >= 15 is 0 Å². The van der Waals surface area contributed by atoms with Crippen molar-refractivity contribution in [3.8, 4) is 0 Å². The second-order valence-electron chi connectivity index (χ2n) is 6.26. The van der Waals surface area contributed by atoms with Crippen LogP contribution in [0.4, 0.5) is 0 Å². The first kappa shape index (κ1) is 16.0. The van der Waals surface area contributed by atoms with Crippen LogP contribution in [0.2, 0.25) is 0 Å². The Labute approximate surface area is 115 Å². The quantitative estimate of drug-likeness (QED) is 0.778. The molecule has 1 aliphatic heterocycles. The molecule has 0 aromatic carbocycles. The summed E-state index contributed by atoms with van der Waals surface area (Å²) in [5.41, 5.74) is 0. The van der Waals surface area contributed by atoms with Gasteiger partial charge in [-0.3, -0.25) is 0 Å². The minimum Gasteiger partial charge on any atom is -0.312 e. The molecule has 1 rings (SSSR count). The lowest BCUT2D eigenvalue weighted by molar-refractivity contribution is 0.183. The van der Waals surface area contributed by atoms with E-state index in [1.165, 1.54) is 58.2 Å². The average molecular weight is 254 g/mol. The molecule has 18 heavy (non-hydrogen) atoms. The summed E-state index contributed by atoms with van der Waals surface area (Å²) in [4.78, 5) is 2.72. The second kappa shape index (κ2) is 8.92. The molecule has 1 saturated heterocycles. The van der Waals surface area contributed by atoms with Crippen LogP contribution < -0.4 is 5.32 Å². The zero-order chi connectivity index (χ0) is 13.4. The van der Waals surface area contributed by atoms with Gasteiger partial charge in [0.2, 0.25) is 0 Å². The maximum Gasteiger partial charge on any atom is 0.00533 e. The van der Waals surface area contributed by atoms with E-state index < -0.39 is 0 Å². The third-order valence-corrected chi connectivity index (χ3v) is 4.39. The fourth-order valence-electron chi connectivity index (χ4n) is 2.98. The lowest BCUT2D eigenvalue weighted by atomic mass is 9.98. The summed E-state index contributed by atoms with van der Waals surface area (Å²) in [6.07, 6.45) is 8.12. The highest BCUT2D eigenvalue weighted by Crippen LogP contribution is 2.16. The SMILES string of the molecule is CCCCC(CC)CN1CCC(C)NC(C)CC1. The maximum absolute atomic E-state index is 3.68. The van der Waals surface area contributed by atoms with Crippen LogP contribution in [-0.4, -0.2) is 36.6 Å². The molecule has 1 fully saturated rings. The lowest BCUT2D eigenvalue weighted by Crippen LogP contribution is -2.44. The van der Waals surface area contributed by atoms with Gasteiger partial charge in [0, 0.05) is 18.6 Å². The highest BCUT2D eigenvalue weighted by Gasteiger charge is 2.18. The molecular formula is C16H34N2. The van der Waals surface area contributed by atoms with Gasteiger partial charge in [-0.1, -0.05) is 33.1 Å². The van der Waals surface area contributed by atoms with Gasteiger partial charge in [-0.05, 0) is 52.1 Å². The molecule has 3 unspecified atom stereocenters. The molecule has 0 aliphatic carbocycles. The molecule has 108 valence electrons. The third kappa shape index (κ3) is 6.19. The van der Waals surface area contributed by atoms with E-state index in [9.17, 15) is 0 Å². The van der Waals surface area contributed by atoms with Gasteiger partial charge in [0.1, 0.15) is 0 Å². The molecule has 0 radical (unpaired) electrons. The van der Waals surface area contributed by atoms with E-state index in [2.05, 4.69) is 37.9 Å². The summed E-state index contributed by atoms with van der Waals surface area (Å²) in [6, 6.07) is 1.36. The number of hydrogen-bond donors (Lipinski definition) is 1. The van der Waals surface area contributed by atoms with Crippen molar-refractivity contribution < 1.29 is 0 Å². The molecule has 2 heteroatoms. The standard InChI is InChI=1S/C16H34N2/c1-5-7-8-16(6-2)13-18-11-9-14(3)17-15(4)10-12-18/h14-17H,5-13H2,1-4H3. The Hall–Kier alpha value is -0.0800. The fourth-order valence-corrected chi connectivity index (χ4v) is 2.98. The normalized spacial score (nSPS) is 28.7.